The molecule has 2 heterocycles. The maximum atomic E-state index is 11.6. The van der Waals surface area contributed by atoms with Crippen molar-refractivity contribution in [3.63, 3.8) is 0 Å². The van der Waals surface area contributed by atoms with Crippen LogP contribution in [-0.2, 0) is 4.74 Å². The van der Waals surface area contributed by atoms with Crippen LogP contribution < -0.4 is 14.8 Å². The van der Waals surface area contributed by atoms with Crippen LogP contribution in [0, 0.1) is 6.92 Å². The van der Waals surface area contributed by atoms with Gasteiger partial charge in [-0.15, -0.1) is 0 Å². The molecule has 1 atom stereocenters. The normalized spacial score (nSPS) is 12.0. The molecule has 0 amide bonds. The average Bonchev–Trinajstić information content (AvgIpc) is 3.04. The van der Waals surface area contributed by atoms with Crippen molar-refractivity contribution in [3.8, 4) is 11.7 Å². The molecule has 0 radical (unpaired) electrons. The Kier molecular flexibility index (Phi) is 7.08. The number of hydrogen-bond acceptors (Lipinski definition) is 7. The summed E-state index contributed by atoms with van der Waals surface area (Å²) in [5, 5.41) is 4.26. The lowest BCUT2D eigenvalue weighted by molar-refractivity contribution is 0.0953. The number of ether oxygens (including phenoxy) is 3. The molecular weight excluding hydrogens is 372 g/mol. The fraction of sp³-hybridized carbons (Fsp3) is 0.364. The number of pyridine rings is 1. The Bertz CT molecular complexity index is 939. The Morgan fingerprint density at radius 2 is 2.14 bits per heavy atom. The molecule has 7 nitrogen and oxygen atoms in total. The highest BCUT2D eigenvalue weighted by molar-refractivity contribution is 5.89. The van der Waals surface area contributed by atoms with E-state index in [0.29, 0.717) is 23.5 Å². The van der Waals surface area contributed by atoms with Gasteiger partial charge in [0.05, 0.1) is 18.6 Å². The number of benzene rings is 1. The van der Waals surface area contributed by atoms with E-state index >= 15 is 0 Å². The summed E-state index contributed by atoms with van der Waals surface area (Å²) in [6, 6.07) is 9.75. The van der Waals surface area contributed by atoms with Crippen LogP contribution in [0.1, 0.15) is 37.4 Å². The molecule has 0 saturated heterocycles. The fourth-order valence-electron chi connectivity index (χ4n) is 3.01. The summed E-state index contributed by atoms with van der Waals surface area (Å²) < 4.78 is 21.6. The largest absolute Gasteiger partial charge is 0.516 e. The summed E-state index contributed by atoms with van der Waals surface area (Å²) >= 11 is 0. The minimum Gasteiger partial charge on any atom is -0.493 e. The third kappa shape index (κ3) is 5.26. The standard InChI is InChI=1S/C22H26N2O5/c1-4-26-22(25)29-21-15(2)20-18(9-5-10-19(20)28-21)27-13-7-12-24-16(3)17-8-6-11-23-14-17/h5-6,8-11,14,16,24H,4,7,12-13H2,1-3H3. The Morgan fingerprint density at radius 3 is 2.90 bits per heavy atom. The van der Waals surface area contributed by atoms with Crippen molar-refractivity contribution in [1.82, 2.24) is 10.3 Å². The lowest BCUT2D eigenvalue weighted by Crippen LogP contribution is -2.21. The maximum absolute atomic E-state index is 11.6. The van der Waals surface area contributed by atoms with Gasteiger partial charge in [0.15, 0.2) is 0 Å². The van der Waals surface area contributed by atoms with E-state index in [4.69, 9.17) is 18.6 Å². The predicted molar refractivity (Wildman–Crippen MR) is 109 cm³/mol. The lowest BCUT2D eigenvalue weighted by Gasteiger charge is -2.14. The number of carbonyl (C=O) groups excluding carboxylic acids is 1. The topological polar surface area (TPSA) is 82.8 Å². The molecule has 0 saturated carbocycles. The predicted octanol–water partition coefficient (Wildman–Crippen LogP) is 4.79. The van der Waals surface area contributed by atoms with Crippen LogP contribution in [0.3, 0.4) is 0 Å². The van der Waals surface area contributed by atoms with E-state index in [9.17, 15) is 4.79 Å². The van der Waals surface area contributed by atoms with Crippen molar-refractivity contribution in [2.75, 3.05) is 19.8 Å². The molecule has 3 rings (SSSR count). The van der Waals surface area contributed by atoms with Gasteiger partial charge in [-0.2, -0.15) is 0 Å². The number of carbonyl (C=O) groups is 1. The number of nitrogens with one attached hydrogen (secondary N) is 1. The third-order valence-corrected chi connectivity index (χ3v) is 4.52. The molecule has 1 N–H and O–H groups in total. The minimum absolute atomic E-state index is 0.126. The second kappa shape index (κ2) is 9.93. The first-order valence-corrected chi connectivity index (χ1v) is 9.73. The van der Waals surface area contributed by atoms with E-state index in [1.165, 1.54) is 0 Å². The molecule has 2 aromatic heterocycles. The van der Waals surface area contributed by atoms with Gasteiger partial charge in [0.2, 0.25) is 0 Å². The molecule has 7 heteroatoms. The summed E-state index contributed by atoms with van der Waals surface area (Å²) in [4.78, 5) is 15.7. The van der Waals surface area contributed by atoms with Gasteiger partial charge in [-0.25, -0.2) is 4.79 Å². The first kappa shape index (κ1) is 20.7. The van der Waals surface area contributed by atoms with E-state index in [0.717, 1.165) is 23.9 Å². The molecule has 3 aromatic rings. The SMILES string of the molecule is CCOC(=O)Oc1oc2cccc(OCCCNC(C)c3cccnc3)c2c1C. The van der Waals surface area contributed by atoms with Crippen molar-refractivity contribution in [2.45, 2.75) is 33.2 Å². The van der Waals surface area contributed by atoms with Crippen LogP contribution in [0.2, 0.25) is 0 Å². The van der Waals surface area contributed by atoms with E-state index in [1.807, 2.05) is 37.4 Å². The zero-order valence-corrected chi connectivity index (χ0v) is 16.9. The van der Waals surface area contributed by atoms with E-state index in [2.05, 4.69) is 23.3 Å². The van der Waals surface area contributed by atoms with E-state index < -0.39 is 6.16 Å². The molecule has 0 spiro atoms. The van der Waals surface area contributed by atoms with Crippen molar-refractivity contribution < 1.29 is 23.4 Å². The van der Waals surface area contributed by atoms with Crippen LogP contribution in [0.4, 0.5) is 4.79 Å². The van der Waals surface area contributed by atoms with Crippen LogP contribution in [0.15, 0.2) is 47.1 Å². The molecule has 1 aromatic carbocycles. The molecule has 154 valence electrons. The first-order chi connectivity index (χ1) is 14.1. The number of furan rings is 1. The molecule has 0 bridgehead atoms. The van der Waals surface area contributed by atoms with Crippen molar-refractivity contribution in [2.24, 2.45) is 0 Å². The van der Waals surface area contributed by atoms with E-state index in [1.54, 1.807) is 13.1 Å². The highest BCUT2D eigenvalue weighted by Crippen LogP contribution is 2.37. The number of fused-ring (bicyclic) bond motifs is 1. The molecule has 0 aliphatic carbocycles. The zero-order chi connectivity index (χ0) is 20.6. The lowest BCUT2D eigenvalue weighted by atomic mass is 10.1. The zero-order valence-electron chi connectivity index (χ0n) is 16.9. The smallest absolute Gasteiger partial charge is 0.493 e. The quantitative estimate of drug-likeness (QED) is 0.410. The molecule has 0 aliphatic heterocycles. The molecular formula is C22H26N2O5. The Hall–Kier alpha value is -3.06. The van der Waals surface area contributed by atoms with Crippen LogP contribution in [-0.4, -0.2) is 30.9 Å². The monoisotopic (exact) mass is 398 g/mol. The molecule has 1 unspecified atom stereocenters. The van der Waals surface area contributed by atoms with Gasteiger partial charge in [-0.05, 0) is 57.5 Å². The minimum atomic E-state index is -0.786. The summed E-state index contributed by atoms with van der Waals surface area (Å²) in [5.41, 5.74) is 2.45. The number of nitrogens with zero attached hydrogens (tertiary/aromatic N) is 1. The Balaban J connectivity index is 1.56. The van der Waals surface area contributed by atoms with E-state index in [-0.39, 0.29) is 18.6 Å². The molecule has 0 aliphatic rings. The summed E-state index contributed by atoms with van der Waals surface area (Å²) in [7, 11) is 0. The maximum Gasteiger partial charge on any atom is 0.516 e. The van der Waals surface area contributed by atoms with Crippen LogP contribution in [0.5, 0.6) is 11.7 Å². The number of hydrogen-bond donors (Lipinski definition) is 1. The van der Waals surface area contributed by atoms with Gasteiger partial charge in [0.1, 0.15) is 11.3 Å². The summed E-state index contributed by atoms with van der Waals surface area (Å²) in [5.74, 6) is 0.823. The second-order valence-electron chi connectivity index (χ2n) is 6.59. The van der Waals surface area contributed by atoms with Crippen molar-refractivity contribution in [3.05, 3.63) is 53.9 Å². The Morgan fingerprint density at radius 1 is 1.28 bits per heavy atom. The van der Waals surface area contributed by atoms with Crippen molar-refractivity contribution >= 4 is 17.1 Å². The number of aryl methyl sites for hydroxylation is 1. The highest BCUT2D eigenvalue weighted by Gasteiger charge is 2.19. The van der Waals surface area contributed by atoms with Gasteiger partial charge in [-0.3, -0.25) is 4.98 Å². The molecule has 0 fully saturated rings. The van der Waals surface area contributed by atoms with Gasteiger partial charge < -0.3 is 23.9 Å². The first-order valence-electron chi connectivity index (χ1n) is 9.73. The fourth-order valence-corrected chi connectivity index (χ4v) is 3.01. The van der Waals surface area contributed by atoms with Crippen LogP contribution >= 0.6 is 0 Å². The third-order valence-electron chi connectivity index (χ3n) is 4.52. The Labute approximate surface area is 170 Å². The van der Waals surface area contributed by atoms with Crippen LogP contribution in [0.25, 0.3) is 11.0 Å². The van der Waals surface area contributed by atoms with Gasteiger partial charge in [0.25, 0.3) is 5.95 Å². The average molecular weight is 398 g/mol. The number of aromatic nitrogens is 1. The summed E-state index contributed by atoms with van der Waals surface area (Å²) in [6.45, 7) is 7.24. The van der Waals surface area contributed by atoms with Gasteiger partial charge in [-0.1, -0.05) is 12.1 Å². The highest BCUT2D eigenvalue weighted by atomic mass is 16.8. The number of rotatable bonds is 9. The van der Waals surface area contributed by atoms with Gasteiger partial charge in [0, 0.05) is 24.0 Å². The van der Waals surface area contributed by atoms with Crippen molar-refractivity contribution in [1.29, 1.82) is 0 Å². The second-order valence-corrected chi connectivity index (χ2v) is 6.59. The molecule has 29 heavy (non-hydrogen) atoms. The van der Waals surface area contributed by atoms with Gasteiger partial charge >= 0.3 is 6.16 Å². The summed E-state index contributed by atoms with van der Waals surface area (Å²) in [6.07, 6.45) is 3.69.